The van der Waals surface area contributed by atoms with Gasteiger partial charge in [0.1, 0.15) is 5.54 Å². The molecule has 7 heteroatoms. The molecule has 0 unspecified atom stereocenters. The van der Waals surface area contributed by atoms with Gasteiger partial charge in [-0.05, 0) is 6.92 Å². The average Bonchev–Trinajstić information content (AvgIpc) is 2.14. The Morgan fingerprint density at radius 3 is 2.12 bits per heavy atom. The normalized spacial score (nSPS) is 17.1. The summed E-state index contributed by atoms with van der Waals surface area (Å²) in [5, 5.41) is 10.3. The molecule has 0 rings (SSSR count). The number of hydrogen-bond donors (Lipinski definition) is 2. The van der Waals surface area contributed by atoms with Crippen LogP contribution in [0.3, 0.4) is 0 Å². The predicted molar refractivity (Wildman–Crippen MR) is 49.6 cm³/mol. The van der Waals surface area contributed by atoms with E-state index in [9.17, 15) is 22.8 Å². The molecule has 0 aromatic heterocycles. The summed E-state index contributed by atoms with van der Waals surface area (Å²) in [6.07, 6.45) is -3.96. The van der Waals surface area contributed by atoms with Gasteiger partial charge in [0.15, 0.2) is 0 Å². The summed E-state index contributed by atoms with van der Waals surface area (Å²) in [7, 11) is 0. The molecule has 0 aliphatic heterocycles. The number of carbonyl (C=O) groups excluding carboxylic acids is 1. The molecule has 0 saturated heterocycles. The Morgan fingerprint density at radius 2 is 1.88 bits per heavy atom. The SMILES string of the molecule is C=C[C@@H](C)[C@](C)(NC(=O)C(F)(F)F)C(=O)O. The minimum Gasteiger partial charge on any atom is -0.479 e. The number of rotatable bonds is 4. The van der Waals surface area contributed by atoms with Crippen LogP contribution in [0.4, 0.5) is 13.2 Å². The van der Waals surface area contributed by atoms with Crippen molar-refractivity contribution < 1.29 is 27.9 Å². The number of alkyl halides is 3. The van der Waals surface area contributed by atoms with Crippen LogP contribution >= 0.6 is 0 Å². The van der Waals surface area contributed by atoms with E-state index in [1.165, 1.54) is 12.2 Å². The summed E-state index contributed by atoms with van der Waals surface area (Å²) < 4.78 is 35.9. The third kappa shape index (κ3) is 2.98. The minimum absolute atomic E-state index is 0.851. The number of halogens is 3. The van der Waals surface area contributed by atoms with Crippen molar-refractivity contribution >= 4 is 11.9 Å². The third-order valence-electron chi connectivity index (χ3n) is 2.34. The van der Waals surface area contributed by atoms with Crippen molar-refractivity contribution in [1.29, 1.82) is 0 Å². The van der Waals surface area contributed by atoms with Crippen molar-refractivity contribution in [3.05, 3.63) is 12.7 Å². The van der Waals surface area contributed by atoms with Gasteiger partial charge in [0.25, 0.3) is 0 Å². The zero-order valence-corrected chi connectivity index (χ0v) is 8.76. The molecular weight excluding hydrogens is 227 g/mol. The molecule has 0 aliphatic carbocycles. The Hall–Kier alpha value is -1.53. The van der Waals surface area contributed by atoms with Gasteiger partial charge >= 0.3 is 18.1 Å². The first-order chi connectivity index (χ1) is 7.05. The van der Waals surface area contributed by atoms with Crippen LogP contribution in [0.15, 0.2) is 12.7 Å². The summed E-state index contributed by atoms with van der Waals surface area (Å²) >= 11 is 0. The van der Waals surface area contributed by atoms with Gasteiger partial charge < -0.3 is 10.4 Å². The summed E-state index contributed by atoms with van der Waals surface area (Å²) in [5.74, 6) is -4.69. The largest absolute Gasteiger partial charge is 0.479 e. The molecule has 0 radical (unpaired) electrons. The highest BCUT2D eigenvalue weighted by atomic mass is 19.4. The van der Waals surface area contributed by atoms with Gasteiger partial charge in [-0.25, -0.2) is 4.79 Å². The highest BCUT2D eigenvalue weighted by Gasteiger charge is 2.47. The Balaban J connectivity index is 5.05. The molecule has 1 amide bonds. The second kappa shape index (κ2) is 4.54. The number of carboxylic acid groups (broad SMARTS) is 1. The van der Waals surface area contributed by atoms with E-state index in [4.69, 9.17) is 5.11 Å². The zero-order valence-electron chi connectivity index (χ0n) is 8.76. The molecule has 0 bridgehead atoms. The highest BCUT2D eigenvalue weighted by Crippen LogP contribution is 2.22. The Bertz CT molecular complexity index is 314. The standard InChI is InChI=1S/C9H12F3NO3/c1-4-5(2)8(3,7(15)16)13-6(14)9(10,11)12/h4-5H,1H2,2-3H3,(H,13,14)(H,15,16)/t5-,8+/m1/s1. The number of hydrogen-bond acceptors (Lipinski definition) is 2. The van der Waals surface area contributed by atoms with Crippen LogP contribution < -0.4 is 5.32 Å². The molecule has 16 heavy (non-hydrogen) atoms. The second-order valence-electron chi connectivity index (χ2n) is 3.48. The lowest BCUT2D eigenvalue weighted by Crippen LogP contribution is -2.58. The summed E-state index contributed by atoms with van der Waals surface area (Å²) in [5.41, 5.74) is -2.03. The number of carbonyl (C=O) groups is 2. The molecule has 2 atom stereocenters. The first-order valence-electron chi connectivity index (χ1n) is 4.31. The molecule has 4 nitrogen and oxygen atoms in total. The van der Waals surface area contributed by atoms with Crippen LogP contribution in [-0.4, -0.2) is 28.7 Å². The molecule has 0 heterocycles. The van der Waals surface area contributed by atoms with Gasteiger partial charge in [-0.3, -0.25) is 4.79 Å². The van der Waals surface area contributed by atoms with Crippen molar-refractivity contribution in [2.75, 3.05) is 0 Å². The monoisotopic (exact) mass is 239 g/mol. The first-order valence-corrected chi connectivity index (χ1v) is 4.31. The Kier molecular flexibility index (Phi) is 4.11. The zero-order chi connectivity index (χ0) is 13.1. The second-order valence-corrected chi connectivity index (χ2v) is 3.48. The van der Waals surface area contributed by atoms with E-state index >= 15 is 0 Å². The smallest absolute Gasteiger partial charge is 0.471 e. The van der Waals surface area contributed by atoms with Crippen LogP contribution in [0.2, 0.25) is 0 Å². The highest BCUT2D eigenvalue weighted by molar-refractivity contribution is 5.89. The fourth-order valence-electron chi connectivity index (χ4n) is 0.904. The molecular formula is C9H12F3NO3. The lowest BCUT2D eigenvalue weighted by molar-refractivity contribution is -0.178. The van der Waals surface area contributed by atoms with Crippen molar-refractivity contribution in [3.63, 3.8) is 0 Å². The predicted octanol–water partition coefficient (Wildman–Crippen LogP) is 1.33. The van der Waals surface area contributed by atoms with Gasteiger partial charge in [0, 0.05) is 5.92 Å². The van der Waals surface area contributed by atoms with Crippen molar-refractivity contribution in [2.24, 2.45) is 5.92 Å². The Labute approximate surface area is 90.1 Å². The van der Waals surface area contributed by atoms with Gasteiger partial charge in [-0.1, -0.05) is 13.0 Å². The summed E-state index contributed by atoms with van der Waals surface area (Å²) in [4.78, 5) is 21.5. The van der Waals surface area contributed by atoms with Crippen LogP contribution in [0.1, 0.15) is 13.8 Å². The van der Waals surface area contributed by atoms with Gasteiger partial charge in [0.2, 0.25) is 0 Å². The molecule has 0 aromatic carbocycles. The molecule has 0 fully saturated rings. The topological polar surface area (TPSA) is 66.4 Å². The molecule has 0 saturated carbocycles. The number of nitrogens with one attached hydrogen (secondary N) is 1. The quantitative estimate of drug-likeness (QED) is 0.727. The fraction of sp³-hybridized carbons (Fsp3) is 0.556. The maximum absolute atomic E-state index is 12.0. The van der Waals surface area contributed by atoms with Crippen LogP contribution in [0.5, 0.6) is 0 Å². The molecule has 92 valence electrons. The lowest BCUT2D eigenvalue weighted by Gasteiger charge is -2.30. The fourth-order valence-corrected chi connectivity index (χ4v) is 0.904. The summed E-state index contributed by atoms with van der Waals surface area (Å²) in [6, 6.07) is 0. The minimum atomic E-state index is -5.11. The van der Waals surface area contributed by atoms with Gasteiger partial charge in [-0.2, -0.15) is 13.2 Å². The van der Waals surface area contributed by atoms with Crippen LogP contribution in [-0.2, 0) is 9.59 Å². The molecule has 2 N–H and O–H groups in total. The maximum Gasteiger partial charge on any atom is 0.471 e. The molecule has 0 aromatic rings. The molecule has 0 aliphatic rings. The van der Waals surface area contributed by atoms with E-state index in [2.05, 4.69) is 6.58 Å². The third-order valence-corrected chi connectivity index (χ3v) is 2.34. The van der Waals surface area contributed by atoms with E-state index in [1.54, 1.807) is 0 Å². The number of amides is 1. The molecule has 0 spiro atoms. The van der Waals surface area contributed by atoms with E-state index in [0.29, 0.717) is 0 Å². The van der Waals surface area contributed by atoms with Crippen molar-refractivity contribution in [1.82, 2.24) is 5.32 Å². The maximum atomic E-state index is 12.0. The van der Waals surface area contributed by atoms with E-state index in [1.807, 2.05) is 0 Å². The lowest BCUT2D eigenvalue weighted by atomic mass is 9.87. The van der Waals surface area contributed by atoms with E-state index < -0.39 is 29.5 Å². The first kappa shape index (κ1) is 14.5. The van der Waals surface area contributed by atoms with E-state index in [0.717, 1.165) is 13.0 Å². The van der Waals surface area contributed by atoms with Crippen molar-refractivity contribution in [3.8, 4) is 0 Å². The Morgan fingerprint density at radius 1 is 1.44 bits per heavy atom. The van der Waals surface area contributed by atoms with Gasteiger partial charge in [0.05, 0.1) is 0 Å². The van der Waals surface area contributed by atoms with Gasteiger partial charge in [-0.15, -0.1) is 6.58 Å². The van der Waals surface area contributed by atoms with E-state index in [-0.39, 0.29) is 0 Å². The van der Waals surface area contributed by atoms with Crippen LogP contribution in [0.25, 0.3) is 0 Å². The average molecular weight is 239 g/mol. The van der Waals surface area contributed by atoms with Crippen molar-refractivity contribution in [2.45, 2.75) is 25.6 Å². The number of aliphatic carboxylic acids is 1. The van der Waals surface area contributed by atoms with Crippen LogP contribution in [0, 0.1) is 5.92 Å². The number of carboxylic acids is 1. The summed E-state index contributed by atoms with van der Waals surface area (Å²) in [6.45, 7) is 5.62.